The first kappa shape index (κ1) is 69.1. The molecule has 0 unspecified atom stereocenters. The second-order valence-corrected chi connectivity index (χ2v) is 21.8. The molecule has 0 aromatic heterocycles. The number of piperidine rings is 1. The molecule has 0 bridgehead atoms. The van der Waals surface area contributed by atoms with Crippen LogP contribution in [0.5, 0.6) is 0 Å². The summed E-state index contributed by atoms with van der Waals surface area (Å²) in [6.07, 6.45) is 25.2. The summed E-state index contributed by atoms with van der Waals surface area (Å²) in [5, 5.41) is 9.90. The van der Waals surface area contributed by atoms with E-state index >= 15 is 0 Å². The molecule has 0 aromatic carbocycles. The number of esters is 6. The predicted octanol–water partition coefficient (Wildman–Crippen LogP) is 11.7. The van der Waals surface area contributed by atoms with Gasteiger partial charge in [-0.1, -0.05) is 156 Å². The molecule has 0 saturated carbocycles. The molecular formula is C60H106N2O15. The number of aliphatic hydroxyl groups excluding tert-OH is 1. The quantitative estimate of drug-likeness (QED) is 0.0341. The number of ether oxygens (including phenoxy) is 7. The van der Waals surface area contributed by atoms with Crippen molar-refractivity contribution in [1.29, 1.82) is 0 Å². The van der Waals surface area contributed by atoms with Crippen molar-refractivity contribution in [2.45, 2.75) is 264 Å². The fourth-order valence-corrected chi connectivity index (χ4v) is 9.63. The van der Waals surface area contributed by atoms with Crippen LogP contribution in [-0.4, -0.2) is 141 Å². The summed E-state index contributed by atoms with van der Waals surface area (Å²) in [4.78, 5) is 95.6. The van der Waals surface area contributed by atoms with Crippen LogP contribution in [-0.2, 0) is 61.9 Å². The zero-order valence-corrected chi connectivity index (χ0v) is 48.6. The third-order valence-electron chi connectivity index (χ3n) is 14.5. The van der Waals surface area contributed by atoms with Gasteiger partial charge in [0, 0.05) is 63.6 Å². The van der Waals surface area contributed by atoms with E-state index in [0.29, 0.717) is 51.5 Å². The second kappa shape index (κ2) is 45.8. The Bertz CT molecular complexity index is 1530. The summed E-state index contributed by atoms with van der Waals surface area (Å²) in [6.45, 7) is 10.1. The molecule has 2 rings (SSSR count). The highest BCUT2D eigenvalue weighted by molar-refractivity contribution is 5.73. The second-order valence-electron chi connectivity index (χ2n) is 21.8. The maximum absolute atomic E-state index is 13.7. The molecule has 0 aromatic rings. The van der Waals surface area contributed by atoms with Crippen molar-refractivity contribution >= 4 is 41.9 Å². The van der Waals surface area contributed by atoms with Crippen LogP contribution in [0.4, 0.5) is 4.79 Å². The fraction of sp³-hybridized carbons (Fsp3) is 0.883. The van der Waals surface area contributed by atoms with Crippen LogP contribution < -0.4 is 0 Å². The Morgan fingerprint density at radius 3 is 1.23 bits per heavy atom. The molecule has 2 atom stereocenters. The minimum atomic E-state index is -0.797. The summed E-state index contributed by atoms with van der Waals surface area (Å²) < 4.78 is 39.8. The molecule has 1 N–H and O–H groups in total. The highest BCUT2D eigenvalue weighted by Crippen LogP contribution is 2.25. The molecular weight excluding hydrogens is 989 g/mol. The summed E-state index contributed by atoms with van der Waals surface area (Å²) in [5.74, 6) is -4.12. The van der Waals surface area contributed by atoms with E-state index in [0.717, 1.165) is 142 Å². The Hall–Kier alpha value is -3.99. The molecule has 0 spiro atoms. The monoisotopic (exact) mass is 1090 g/mol. The molecule has 17 nitrogen and oxygen atoms in total. The lowest BCUT2D eigenvalue weighted by atomic mass is 10.1. The molecule has 2 heterocycles. The van der Waals surface area contributed by atoms with Crippen LogP contribution in [0.3, 0.4) is 0 Å². The van der Waals surface area contributed by atoms with E-state index in [-0.39, 0.29) is 121 Å². The number of rotatable bonds is 47. The smallest absolute Gasteiger partial charge is 0.410 e. The highest BCUT2D eigenvalue weighted by Gasteiger charge is 2.39. The van der Waals surface area contributed by atoms with Gasteiger partial charge in [0.05, 0.1) is 64.6 Å². The van der Waals surface area contributed by atoms with Gasteiger partial charge in [0.15, 0.2) is 0 Å². The predicted molar refractivity (Wildman–Crippen MR) is 296 cm³/mol. The van der Waals surface area contributed by atoms with E-state index in [2.05, 4.69) is 32.6 Å². The van der Waals surface area contributed by atoms with Crippen molar-refractivity contribution in [1.82, 2.24) is 9.80 Å². The fourth-order valence-electron chi connectivity index (χ4n) is 9.63. The summed E-state index contributed by atoms with van der Waals surface area (Å²) in [5.41, 5.74) is 0. The van der Waals surface area contributed by atoms with Gasteiger partial charge in [-0.3, -0.25) is 33.7 Å². The minimum Gasteiger partial charge on any atom is -0.465 e. The van der Waals surface area contributed by atoms with E-state index in [1.807, 2.05) is 0 Å². The van der Waals surface area contributed by atoms with Crippen molar-refractivity contribution in [3.63, 3.8) is 0 Å². The van der Waals surface area contributed by atoms with Crippen molar-refractivity contribution < 1.29 is 71.8 Å². The number of hydrogen-bond donors (Lipinski definition) is 1. The molecule has 1 amide bonds. The van der Waals surface area contributed by atoms with E-state index < -0.39 is 42.0 Å². The van der Waals surface area contributed by atoms with Gasteiger partial charge < -0.3 is 43.2 Å². The number of likely N-dealkylation sites (tertiary alicyclic amines) is 2. The zero-order valence-electron chi connectivity index (χ0n) is 48.6. The van der Waals surface area contributed by atoms with Crippen molar-refractivity contribution in [2.24, 2.45) is 11.8 Å². The molecule has 17 heteroatoms. The number of carbonyl (C=O) groups excluding carboxylic acids is 7. The summed E-state index contributed by atoms with van der Waals surface area (Å²) >= 11 is 0. The molecule has 2 aliphatic heterocycles. The van der Waals surface area contributed by atoms with Crippen LogP contribution in [0.2, 0.25) is 0 Å². The van der Waals surface area contributed by atoms with Gasteiger partial charge in [0.25, 0.3) is 0 Å². The first-order chi connectivity index (χ1) is 37.4. The Kier molecular flexibility index (Phi) is 41.1. The first-order valence-electron chi connectivity index (χ1n) is 30.7. The molecule has 77 heavy (non-hydrogen) atoms. The van der Waals surface area contributed by atoms with Crippen LogP contribution in [0.15, 0.2) is 0 Å². The topological polar surface area (TPSA) is 211 Å². The van der Waals surface area contributed by atoms with E-state index in [9.17, 15) is 38.7 Å². The molecule has 2 saturated heterocycles. The maximum Gasteiger partial charge on any atom is 0.410 e. The number of unbranched alkanes of at least 4 members (excludes halogenated alkanes) is 20. The first-order valence-corrected chi connectivity index (χ1v) is 30.7. The van der Waals surface area contributed by atoms with E-state index in [1.165, 1.54) is 4.90 Å². The number of aliphatic hydroxyl groups is 1. The van der Waals surface area contributed by atoms with Crippen LogP contribution in [0.25, 0.3) is 0 Å². The van der Waals surface area contributed by atoms with E-state index in [4.69, 9.17) is 33.2 Å². The van der Waals surface area contributed by atoms with Gasteiger partial charge >= 0.3 is 41.9 Å². The maximum atomic E-state index is 13.7. The van der Waals surface area contributed by atoms with Crippen LogP contribution >= 0.6 is 0 Å². The van der Waals surface area contributed by atoms with Crippen molar-refractivity contribution in [3.05, 3.63) is 0 Å². The van der Waals surface area contributed by atoms with Gasteiger partial charge in [0.2, 0.25) is 0 Å². The lowest BCUT2D eigenvalue weighted by Gasteiger charge is -2.29. The Morgan fingerprint density at radius 2 is 0.831 bits per heavy atom. The Balaban J connectivity index is 2.13. The third kappa shape index (κ3) is 36.7. The number of amides is 1. The average Bonchev–Trinajstić information content (AvgIpc) is 3.82. The molecule has 2 aliphatic rings. The van der Waals surface area contributed by atoms with Crippen LogP contribution in [0.1, 0.15) is 246 Å². The lowest BCUT2D eigenvalue weighted by Crippen LogP contribution is -2.40. The summed E-state index contributed by atoms with van der Waals surface area (Å²) in [7, 11) is 0. The van der Waals surface area contributed by atoms with Gasteiger partial charge in [-0.05, 0) is 44.9 Å². The van der Waals surface area contributed by atoms with Crippen molar-refractivity contribution in [3.8, 4) is 0 Å². The standard InChI is InChI=1S/C60H106N2O15/c1-5-9-13-17-21-25-30-54(64)72-44-49(45-73-55(65)31-26-22-18-14-10-6-2)40-58(68)76-48-51-42-53(43-62(51)60(70)71-39-29-36-61-37-34-52(63)35-38-61)77-59(69)41-50(46-74-56(66)32-27-23-19-15-11-7-3)47-75-57(67)33-28-24-20-16-12-8-4/h49-53,63H,5-48H2,1-4H3/t51-,53+/m0/s1. The SMILES string of the molecule is CCCCCCCCC(=O)OCC(COC(=O)CCCCCCCC)CC(=O)OC[C@@H]1C[C@@H](OC(=O)CC(COC(=O)CCCCCCCC)COC(=O)CCCCCCCC)CN1C(=O)OCCCN1CCC(O)CC1. The molecule has 0 radical (unpaired) electrons. The number of nitrogens with zero attached hydrogens (tertiary/aromatic N) is 2. The Labute approximate surface area is 463 Å². The van der Waals surface area contributed by atoms with Gasteiger partial charge in [-0.25, -0.2) is 4.79 Å². The van der Waals surface area contributed by atoms with Gasteiger partial charge in [-0.2, -0.15) is 0 Å². The number of carbonyl (C=O) groups is 7. The van der Waals surface area contributed by atoms with Gasteiger partial charge in [-0.15, -0.1) is 0 Å². The Morgan fingerprint density at radius 1 is 0.455 bits per heavy atom. The third-order valence-corrected chi connectivity index (χ3v) is 14.5. The largest absolute Gasteiger partial charge is 0.465 e. The molecule has 0 aliphatic carbocycles. The average molecular weight is 1100 g/mol. The van der Waals surface area contributed by atoms with E-state index in [1.54, 1.807) is 0 Å². The van der Waals surface area contributed by atoms with Crippen LogP contribution in [0, 0.1) is 11.8 Å². The summed E-state index contributed by atoms with van der Waals surface area (Å²) in [6, 6.07) is -0.724. The lowest BCUT2D eigenvalue weighted by molar-refractivity contribution is -0.157. The van der Waals surface area contributed by atoms with Crippen molar-refractivity contribution in [2.75, 3.05) is 65.8 Å². The molecule has 446 valence electrons. The molecule has 2 fully saturated rings. The normalized spacial score (nSPS) is 15.9. The minimum absolute atomic E-state index is 0.0340. The zero-order chi connectivity index (χ0) is 56.1. The van der Waals surface area contributed by atoms with Gasteiger partial charge in [0.1, 0.15) is 12.7 Å². The highest BCUT2D eigenvalue weighted by atomic mass is 16.6. The number of hydrogen-bond acceptors (Lipinski definition) is 16.